The fourth-order valence-electron chi connectivity index (χ4n) is 1.25. The molecular weight excluding hydrogens is 210 g/mol. The monoisotopic (exact) mass is 231 g/mol. The van der Waals surface area contributed by atoms with Crippen LogP contribution in [0.4, 0.5) is 0 Å². The van der Waals surface area contributed by atoms with E-state index in [0.29, 0.717) is 6.42 Å². The fourth-order valence-corrected chi connectivity index (χ4v) is 1.25. The van der Waals surface area contributed by atoms with Gasteiger partial charge in [0.25, 0.3) is 0 Å². The van der Waals surface area contributed by atoms with Gasteiger partial charge >= 0.3 is 5.97 Å². The number of nitrogens with one attached hydrogen (secondary N) is 1. The van der Waals surface area contributed by atoms with Crippen LogP contribution in [0.5, 0.6) is 0 Å². The molecule has 2 atom stereocenters. The smallest absolute Gasteiger partial charge is 0.326 e. The van der Waals surface area contributed by atoms with Crippen molar-refractivity contribution in [2.45, 2.75) is 46.3 Å². The zero-order chi connectivity index (χ0) is 12.9. The Hall–Kier alpha value is -1.10. The summed E-state index contributed by atoms with van der Waals surface area (Å²) in [5.41, 5.74) is 0. The molecule has 0 aromatic heterocycles. The Morgan fingerprint density at radius 2 is 1.69 bits per heavy atom. The summed E-state index contributed by atoms with van der Waals surface area (Å²) in [7, 11) is 0. The van der Waals surface area contributed by atoms with Crippen LogP contribution in [0.25, 0.3) is 0 Å². The Labute approximate surface area is 95.9 Å². The van der Waals surface area contributed by atoms with E-state index < -0.39 is 24.0 Å². The summed E-state index contributed by atoms with van der Waals surface area (Å²) in [5.74, 6) is -1.76. The van der Waals surface area contributed by atoms with Crippen molar-refractivity contribution in [1.82, 2.24) is 5.32 Å². The van der Waals surface area contributed by atoms with E-state index in [4.69, 9.17) is 5.11 Å². The standard InChI is InChI=1S/C11H21NO4/c1-6(2)5-8(11(15)16)12-10(14)9(13)7(3)4/h6-9,13H,5H2,1-4H3,(H,12,14)(H,15,16)/t8-,9?/m0/s1. The molecule has 0 aromatic rings. The van der Waals surface area contributed by atoms with Crippen LogP contribution in [0.2, 0.25) is 0 Å². The highest BCUT2D eigenvalue weighted by Crippen LogP contribution is 2.07. The molecule has 5 heteroatoms. The first kappa shape index (κ1) is 14.9. The van der Waals surface area contributed by atoms with Crippen LogP contribution >= 0.6 is 0 Å². The summed E-state index contributed by atoms with van der Waals surface area (Å²) in [5, 5.41) is 20.7. The summed E-state index contributed by atoms with van der Waals surface area (Å²) < 4.78 is 0. The first-order valence-electron chi connectivity index (χ1n) is 5.47. The zero-order valence-electron chi connectivity index (χ0n) is 10.2. The number of carboxylic acid groups (broad SMARTS) is 1. The lowest BCUT2D eigenvalue weighted by molar-refractivity contribution is -0.144. The van der Waals surface area contributed by atoms with Crippen LogP contribution in [0.1, 0.15) is 34.1 Å². The van der Waals surface area contributed by atoms with E-state index in [9.17, 15) is 14.7 Å². The predicted octanol–water partition coefficient (Wildman–Crippen LogP) is 0.619. The summed E-state index contributed by atoms with van der Waals surface area (Å²) in [4.78, 5) is 22.3. The average molecular weight is 231 g/mol. The van der Waals surface area contributed by atoms with E-state index in [2.05, 4.69) is 5.32 Å². The second-order valence-corrected chi connectivity index (χ2v) is 4.72. The van der Waals surface area contributed by atoms with E-state index >= 15 is 0 Å². The third kappa shape index (κ3) is 5.11. The van der Waals surface area contributed by atoms with Crippen molar-refractivity contribution in [3.05, 3.63) is 0 Å². The van der Waals surface area contributed by atoms with Gasteiger partial charge in [0.15, 0.2) is 0 Å². The molecule has 1 unspecified atom stereocenters. The molecule has 3 N–H and O–H groups in total. The first-order chi connectivity index (χ1) is 7.25. The molecule has 0 spiro atoms. The van der Waals surface area contributed by atoms with Crippen molar-refractivity contribution in [2.24, 2.45) is 11.8 Å². The number of amides is 1. The Kier molecular flexibility index (Phi) is 6.03. The third-order valence-corrected chi connectivity index (χ3v) is 2.22. The van der Waals surface area contributed by atoms with Crippen molar-refractivity contribution < 1.29 is 19.8 Å². The van der Waals surface area contributed by atoms with Gasteiger partial charge in [-0.3, -0.25) is 4.79 Å². The molecule has 0 aliphatic rings. The highest BCUT2D eigenvalue weighted by atomic mass is 16.4. The number of carbonyl (C=O) groups excluding carboxylic acids is 1. The van der Waals surface area contributed by atoms with Gasteiger partial charge < -0.3 is 15.5 Å². The quantitative estimate of drug-likeness (QED) is 0.625. The molecule has 16 heavy (non-hydrogen) atoms. The molecule has 0 aliphatic heterocycles. The first-order valence-corrected chi connectivity index (χ1v) is 5.47. The number of aliphatic hydroxyl groups excluding tert-OH is 1. The highest BCUT2D eigenvalue weighted by molar-refractivity contribution is 5.86. The maximum atomic E-state index is 11.5. The average Bonchev–Trinajstić information content (AvgIpc) is 2.14. The van der Waals surface area contributed by atoms with Gasteiger partial charge in [0.1, 0.15) is 12.1 Å². The molecule has 94 valence electrons. The number of hydrogen-bond acceptors (Lipinski definition) is 3. The maximum absolute atomic E-state index is 11.5. The van der Waals surface area contributed by atoms with Crippen molar-refractivity contribution >= 4 is 11.9 Å². The molecule has 5 nitrogen and oxygen atoms in total. The van der Waals surface area contributed by atoms with Crippen LogP contribution in [-0.2, 0) is 9.59 Å². The van der Waals surface area contributed by atoms with E-state index in [1.54, 1.807) is 13.8 Å². The third-order valence-electron chi connectivity index (χ3n) is 2.22. The van der Waals surface area contributed by atoms with E-state index in [1.165, 1.54) is 0 Å². The Balaban J connectivity index is 4.40. The van der Waals surface area contributed by atoms with Gasteiger partial charge in [0.05, 0.1) is 0 Å². The summed E-state index contributed by atoms with van der Waals surface area (Å²) >= 11 is 0. The van der Waals surface area contributed by atoms with Crippen molar-refractivity contribution in [2.75, 3.05) is 0 Å². The number of hydrogen-bond donors (Lipinski definition) is 3. The lowest BCUT2D eigenvalue weighted by Crippen LogP contribution is -2.47. The normalized spacial score (nSPS) is 14.9. The minimum absolute atomic E-state index is 0.164. The number of carboxylic acids is 1. The number of aliphatic carboxylic acids is 1. The lowest BCUT2D eigenvalue weighted by Gasteiger charge is -2.20. The summed E-state index contributed by atoms with van der Waals surface area (Å²) in [6.45, 7) is 7.15. The largest absolute Gasteiger partial charge is 0.480 e. The molecule has 0 aromatic carbocycles. The molecule has 0 fully saturated rings. The zero-order valence-corrected chi connectivity index (χ0v) is 10.2. The minimum Gasteiger partial charge on any atom is -0.480 e. The number of carbonyl (C=O) groups is 2. The molecule has 0 saturated carbocycles. The SMILES string of the molecule is CC(C)C[C@H](NC(=O)C(O)C(C)C)C(=O)O. The van der Waals surface area contributed by atoms with Gasteiger partial charge in [-0.05, 0) is 18.3 Å². The van der Waals surface area contributed by atoms with Gasteiger partial charge in [-0.2, -0.15) is 0 Å². The Morgan fingerprint density at radius 1 is 1.19 bits per heavy atom. The molecule has 0 rings (SSSR count). The van der Waals surface area contributed by atoms with Gasteiger partial charge in [0.2, 0.25) is 5.91 Å². The Bertz CT molecular complexity index is 250. The van der Waals surface area contributed by atoms with Crippen LogP contribution in [0.15, 0.2) is 0 Å². The highest BCUT2D eigenvalue weighted by Gasteiger charge is 2.25. The number of aliphatic hydroxyl groups is 1. The summed E-state index contributed by atoms with van der Waals surface area (Å²) in [6.07, 6.45) is -0.805. The van der Waals surface area contributed by atoms with Crippen molar-refractivity contribution in [3.63, 3.8) is 0 Å². The van der Waals surface area contributed by atoms with Gasteiger partial charge in [-0.1, -0.05) is 27.7 Å². The van der Waals surface area contributed by atoms with E-state index in [0.717, 1.165) is 0 Å². The molecule has 0 heterocycles. The molecular formula is C11H21NO4. The number of rotatable bonds is 6. The molecule has 0 bridgehead atoms. The van der Waals surface area contributed by atoms with E-state index in [1.807, 2.05) is 13.8 Å². The van der Waals surface area contributed by atoms with Crippen LogP contribution in [0.3, 0.4) is 0 Å². The van der Waals surface area contributed by atoms with Crippen molar-refractivity contribution in [3.8, 4) is 0 Å². The van der Waals surface area contributed by atoms with Crippen LogP contribution in [-0.4, -0.2) is 34.2 Å². The maximum Gasteiger partial charge on any atom is 0.326 e. The second-order valence-electron chi connectivity index (χ2n) is 4.72. The summed E-state index contributed by atoms with van der Waals surface area (Å²) in [6, 6.07) is -0.930. The molecule has 0 saturated heterocycles. The van der Waals surface area contributed by atoms with E-state index in [-0.39, 0.29) is 11.8 Å². The van der Waals surface area contributed by atoms with Crippen LogP contribution in [0, 0.1) is 11.8 Å². The van der Waals surface area contributed by atoms with Gasteiger partial charge in [-0.15, -0.1) is 0 Å². The van der Waals surface area contributed by atoms with Crippen LogP contribution < -0.4 is 5.32 Å². The second kappa shape index (κ2) is 6.48. The Morgan fingerprint density at radius 3 is 2.00 bits per heavy atom. The molecule has 0 aliphatic carbocycles. The van der Waals surface area contributed by atoms with Crippen molar-refractivity contribution in [1.29, 1.82) is 0 Å². The predicted molar refractivity (Wildman–Crippen MR) is 59.9 cm³/mol. The lowest BCUT2D eigenvalue weighted by atomic mass is 10.0. The van der Waals surface area contributed by atoms with Gasteiger partial charge in [-0.25, -0.2) is 4.79 Å². The molecule has 1 amide bonds. The minimum atomic E-state index is -1.16. The fraction of sp³-hybridized carbons (Fsp3) is 0.818. The molecule has 0 radical (unpaired) electrons. The topological polar surface area (TPSA) is 86.6 Å². The van der Waals surface area contributed by atoms with Gasteiger partial charge in [0, 0.05) is 0 Å².